The molecule has 1 unspecified atom stereocenters. The van der Waals surface area contributed by atoms with Gasteiger partial charge in [-0.1, -0.05) is 30.3 Å². The molecule has 0 amide bonds. The number of methoxy groups -OCH3 is 1. The van der Waals surface area contributed by atoms with Crippen LogP contribution in [0.5, 0.6) is 0 Å². The van der Waals surface area contributed by atoms with E-state index in [1.807, 2.05) is 18.2 Å². The zero-order chi connectivity index (χ0) is 12.0. The lowest BCUT2D eigenvalue weighted by atomic mass is 10.2. The Hall–Kier alpha value is -0.910. The maximum atomic E-state index is 11.7. The molecule has 0 aliphatic rings. The Bertz CT molecular complexity index is 402. The van der Waals surface area contributed by atoms with Gasteiger partial charge in [-0.25, -0.2) is 8.42 Å². The zero-order valence-corrected chi connectivity index (χ0v) is 10.1. The van der Waals surface area contributed by atoms with Gasteiger partial charge in [-0.3, -0.25) is 0 Å². The van der Waals surface area contributed by atoms with Gasteiger partial charge < -0.3 is 10.5 Å². The average Bonchev–Trinajstić information content (AvgIpc) is 2.17. The molecule has 1 rings (SSSR count). The second-order valence-corrected chi connectivity index (χ2v) is 5.86. The third kappa shape index (κ3) is 4.74. The Morgan fingerprint density at radius 1 is 1.31 bits per heavy atom. The van der Waals surface area contributed by atoms with Gasteiger partial charge in [0.15, 0.2) is 9.84 Å². The molecule has 0 heterocycles. The summed E-state index contributed by atoms with van der Waals surface area (Å²) in [5.41, 5.74) is 6.40. The zero-order valence-electron chi connectivity index (χ0n) is 9.30. The van der Waals surface area contributed by atoms with Crippen molar-refractivity contribution in [2.75, 3.05) is 19.5 Å². The van der Waals surface area contributed by atoms with Crippen LogP contribution in [0.4, 0.5) is 0 Å². The van der Waals surface area contributed by atoms with E-state index in [2.05, 4.69) is 0 Å². The monoisotopic (exact) mass is 243 g/mol. The van der Waals surface area contributed by atoms with Crippen molar-refractivity contribution in [3.05, 3.63) is 35.9 Å². The fourth-order valence-corrected chi connectivity index (χ4v) is 3.04. The molecule has 0 bridgehead atoms. The lowest BCUT2D eigenvalue weighted by Gasteiger charge is -2.10. The van der Waals surface area contributed by atoms with Crippen LogP contribution in [0.1, 0.15) is 5.56 Å². The van der Waals surface area contributed by atoms with E-state index in [1.54, 1.807) is 12.1 Å². The van der Waals surface area contributed by atoms with E-state index in [9.17, 15) is 8.42 Å². The van der Waals surface area contributed by atoms with E-state index >= 15 is 0 Å². The standard InChI is InChI=1S/C11H17NO3S/c1-15-7-11(12)9-16(13,14)8-10-5-3-2-4-6-10/h2-6,11H,7-9,12H2,1H3. The molecule has 2 N–H and O–H groups in total. The lowest BCUT2D eigenvalue weighted by molar-refractivity contribution is 0.186. The summed E-state index contributed by atoms with van der Waals surface area (Å²) in [5.74, 6) is -0.0129. The van der Waals surface area contributed by atoms with Crippen molar-refractivity contribution in [2.45, 2.75) is 11.8 Å². The maximum absolute atomic E-state index is 11.7. The van der Waals surface area contributed by atoms with Gasteiger partial charge in [-0.05, 0) is 5.56 Å². The van der Waals surface area contributed by atoms with Gasteiger partial charge in [-0.2, -0.15) is 0 Å². The average molecular weight is 243 g/mol. The molecule has 1 aromatic rings. The summed E-state index contributed by atoms with van der Waals surface area (Å²) in [5, 5.41) is 0. The van der Waals surface area contributed by atoms with Crippen molar-refractivity contribution in [3.63, 3.8) is 0 Å². The number of rotatable bonds is 6. The molecule has 0 fully saturated rings. The third-order valence-electron chi connectivity index (χ3n) is 2.08. The molecule has 5 heteroatoms. The Morgan fingerprint density at radius 3 is 2.50 bits per heavy atom. The van der Waals surface area contributed by atoms with E-state index < -0.39 is 15.9 Å². The number of nitrogens with two attached hydrogens (primary N) is 1. The van der Waals surface area contributed by atoms with Crippen LogP contribution >= 0.6 is 0 Å². The minimum atomic E-state index is -3.16. The summed E-state index contributed by atoms with van der Waals surface area (Å²) in [6.07, 6.45) is 0. The Labute approximate surface area is 96.3 Å². The normalized spacial score (nSPS) is 13.6. The minimum absolute atomic E-state index is 0.0330. The van der Waals surface area contributed by atoms with Gasteiger partial charge in [0.05, 0.1) is 18.1 Å². The second-order valence-electron chi connectivity index (χ2n) is 3.76. The van der Waals surface area contributed by atoms with Crippen molar-refractivity contribution >= 4 is 9.84 Å². The maximum Gasteiger partial charge on any atom is 0.156 e. The van der Waals surface area contributed by atoms with Crippen LogP contribution in [0.15, 0.2) is 30.3 Å². The second kappa shape index (κ2) is 5.98. The molecule has 90 valence electrons. The summed E-state index contributed by atoms with van der Waals surface area (Å²) >= 11 is 0. The number of sulfone groups is 1. The molecule has 1 aromatic carbocycles. The first-order chi connectivity index (χ1) is 7.53. The summed E-state index contributed by atoms with van der Waals surface area (Å²) < 4.78 is 28.3. The highest BCUT2D eigenvalue weighted by Gasteiger charge is 2.16. The van der Waals surface area contributed by atoms with Gasteiger partial charge in [-0.15, -0.1) is 0 Å². The van der Waals surface area contributed by atoms with Crippen LogP contribution in [0, 0.1) is 0 Å². The molecule has 0 saturated heterocycles. The van der Waals surface area contributed by atoms with Crippen LogP contribution in [0.25, 0.3) is 0 Å². The molecule has 0 radical (unpaired) electrons. The van der Waals surface area contributed by atoms with E-state index in [1.165, 1.54) is 7.11 Å². The topological polar surface area (TPSA) is 69.4 Å². The SMILES string of the molecule is COCC(N)CS(=O)(=O)Cc1ccccc1. The number of benzene rings is 1. The van der Waals surface area contributed by atoms with Crippen molar-refractivity contribution in [2.24, 2.45) is 5.73 Å². The molecule has 0 aromatic heterocycles. The fourth-order valence-electron chi connectivity index (χ4n) is 1.48. The summed E-state index contributed by atoms with van der Waals surface area (Å²) in [4.78, 5) is 0. The van der Waals surface area contributed by atoms with Crippen molar-refractivity contribution in [1.29, 1.82) is 0 Å². The molecular formula is C11H17NO3S. The predicted octanol–water partition coefficient (Wildman–Crippen LogP) is 0.575. The van der Waals surface area contributed by atoms with Gasteiger partial charge in [0.1, 0.15) is 0 Å². The lowest BCUT2D eigenvalue weighted by Crippen LogP contribution is -2.34. The number of hydrogen-bond donors (Lipinski definition) is 1. The molecule has 0 aliphatic carbocycles. The van der Waals surface area contributed by atoms with Crippen LogP contribution in [-0.4, -0.2) is 33.9 Å². The van der Waals surface area contributed by atoms with E-state index in [-0.39, 0.29) is 18.1 Å². The van der Waals surface area contributed by atoms with Crippen LogP contribution in [-0.2, 0) is 20.3 Å². The first-order valence-electron chi connectivity index (χ1n) is 5.02. The highest BCUT2D eigenvalue weighted by Crippen LogP contribution is 2.06. The largest absolute Gasteiger partial charge is 0.383 e. The third-order valence-corrected chi connectivity index (χ3v) is 3.79. The van der Waals surface area contributed by atoms with Crippen molar-refractivity contribution in [3.8, 4) is 0 Å². The molecule has 0 aliphatic heterocycles. The molecular weight excluding hydrogens is 226 g/mol. The van der Waals surface area contributed by atoms with Gasteiger partial charge >= 0.3 is 0 Å². The van der Waals surface area contributed by atoms with E-state index in [0.717, 1.165) is 5.56 Å². The summed E-state index contributed by atoms with van der Waals surface area (Å²) in [6.45, 7) is 0.258. The minimum Gasteiger partial charge on any atom is -0.383 e. The predicted molar refractivity (Wildman–Crippen MR) is 63.8 cm³/mol. The number of ether oxygens (including phenoxy) is 1. The highest BCUT2D eigenvalue weighted by molar-refractivity contribution is 7.90. The highest BCUT2D eigenvalue weighted by atomic mass is 32.2. The van der Waals surface area contributed by atoms with Crippen molar-refractivity contribution in [1.82, 2.24) is 0 Å². The summed E-state index contributed by atoms with van der Waals surface area (Å²) in [7, 11) is -1.66. The quantitative estimate of drug-likeness (QED) is 0.793. The Kier molecular flexibility index (Phi) is 4.92. The van der Waals surface area contributed by atoms with Crippen LogP contribution < -0.4 is 5.73 Å². The van der Waals surface area contributed by atoms with Crippen LogP contribution in [0.2, 0.25) is 0 Å². The van der Waals surface area contributed by atoms with Gasteiger partial charge in [0.25, 0.3) is 0 Å². The smallest absolute Gasteiger partial charge is 0.156 e. The molecule has 1 atom stereocenters. The van der Waals surface area contributed by atoms with E-state index in [4.69, 9.17) is 10.5 Å². The molecule has 16 heavy (non-hydrogen) atoms. The fraction of sp³-hybridized carbons (Fsp3) is 0.455. The van der Waals surface area contributed by atoms with E-state index in [0.29, 0.717) is 0 Å². The first-order valence-corrected chi connectivity index (χ1v) is 6.84. The Morgan fingerprint density at radius 2 is 1.94 bits per heavy atom. The summed E-state index contributed by atoms with van der Waals surface area (Å²) in [6, 6.07) is 8.62. The van der Waals surface area contributed by atoms with Crippen LogP contribution in [0.3, 0.4) is 0 Å². The number of hydrogen-bond acceptors (Lipinski definition) is 4. The molecule has 4 nitrogen and oxygen atoms in total. The van der Waals surface area contributed by atoms with Crippen molar-refractivity contribution < 1.29 is 13.2 Å². The Balaban J connectivity index is 2.59. The van der Waals surface area contributed by atoms with Gasteiger partial charge in [0.2, 0.25) is 0 Å². The first kappa shape index (κ1) is 13.2. The molecule has 0 saturated carbocycles. The van der Waals surface area contributed by atoms with Gasteiger partial charge in [0, 0.05) is 13.2 Å². The molecule has 0 spiro atoms.